The summed E-state index contributed by atoms with van der Waals surface area (Å²) in [5.74, 6) is 4.57. The number of hydrogen-bond donors (Lipinski definition) is 0. The summed E-state index contributed by atoms with van der Waals surface area (Å²) >= 11 is 1.67. The maximum Gasteiger partial charge on any atom is 0.138 e. The molecule has 1 atom stereocenters. The molecule has 1 aromatic carbocycles. The second-order valence-electron chi connectivity index (χ2n) is 11.4. The first kappa shape index (κ1) is 24.4. The Morgan fingerprint density at radius 1 is 1.17 bits per heavy atom. The highest BCUT2D eigenvalue weighted by atomic mass is 32.1. The predicted octanol–water partition coefficient (Wildman–Crippen LogP) is 6.75. The molecule has 2 aliphatic carbocycles. The third kappa shape index (κ3) is 5.74. The van der Waals surface area contributed by atoms with Crippen LogP contribution in [0.15, 0.2) is 29.8 Å². The number of thiazole rings is 1. The molecule has 0 amide bonds. The SMILES string of the molecule is Cc1ccc(CC(=O)C[C@H](Cc2nccs2)c2nnc(C3CC(CC(C)C)C3)n2C2CC2)c(C)c1. The molecule has 2 saturated carbocycles. The molecule has 2 aliphatic rings. The van der Waals surface area contributed by atoms with Crippen LogP contribution in [-0.4, -0.2) is 25.5 Å². The van der Waals surface area contributed by atoms with E-state index in [4.69, 9.17) is 10.2 Å². The van der Waals surface area contributed by atoms with Crippen molar-refractivity contribution in [1.82, 2.24) is 19.7 Å². The fourth-order valence-corrected chi connectivity index (χ4v) is 6.51. The minimum Gasteiger partial charge on any atom is -0.311 e. The van der Waals surface area contributed by atoms with Crippen LogP contribution in [0.2, 0.25) is 0 Å². The van der Waals surface area contributed by atoms with Crippen LogP contribution in [0.1, 0.15) is 104 Å². The van der Waals surface area contributed by atoms with Crippen molar-refractivity contribution >= 4 is 17.1 Å². The van der Waals surface area contributed by atoms with Crippen LogP contribution >= 0.6 is 11.3 Å². The molecule has 0 spiro atoms. The minimum atomic E-state index is 0.0211. The standard InChI is InChI=1S/C29H38N4OS/c1-18(2)11-21-13-23(14-21)28-31-32-29(33(28)25-7-8-25)24(17-27-30-9-10-35-27)16-26(34)15-22-6-5-19(3)12-20(22)4/h5-6,9-10,12,18,21,23-25H,7-8,11,13-17H2,1-4H3/t21?,23?,24-/m1/s1. The van der Waals surface area contributed by atoms with E-state index in [-0.39, 0.29) is 11.7 Å². The quantitative estimate of drug-likeness (QED) is 0.298. The molecule has 2 fully saturated rings. The van der Waals surface area contributed by atoms with Crippen LogP contribution in [-0.2, 0) is 17.6 Å². The molecule has 3 aromatic rings. The monoisotopic (exact) mass is 490 g/mol. The Kier molecular flexibility index (Phi) is 7.19. The lowest BCUT2D eigenvalue weighted by Gasteiger charge is -2.36. The predicted molar refractivity (Wildman–Crippen MR) is 141 cm³/mol. The van der Waals surface area contributed by atoms with Crippen LogP contribution < -0.4 is 0 Å². The van der Waals surface area contributed by atoms with E-state index in [1.54, 1.807) is 11.3 Å². The molecule has 0 radical (unpaired) electrons. The van der Waals surface area contributed by atoms with Crippen molar-refractivity contribution in [1.29, 1.82) is 0 Å². The van der Waals surface area contributed by atoms with E-state index in [2.05, 4.69) is 55.4 Å². The molecule has 6 heteroatoms. The fraction of sp³-hybridized carbons (Fsp3) is 0.586. The second-order valence-corrected chi connectivity index (χ2v) is 12.3. The summed E-state index contributed by atoms with van der Waals surface area (Å²) in [5, 5.41) is 12.6. The van der Waals surface area contributed by atoms with Crippen LogP contribution in [0.5, 0.6) is 0 Å². The third-order valence-electron chi connectivity index (χ3n) is 7.70. The van der Waals surface area contributed by atoms with Gasteiger partial charge in [-0.05, 0) is 68.9 Å². The van der Waals surface area contributed by atoms with Crippen molar-refractivity contribution in [2.75, 3.05) is 0 Å². The lowest BCUT2D eigenvalue weighted by Crippen LogP contribution is -2.26. The van der Waals surface area contributed by atoms with Gasteiger partial charge in [-0.25, -0.2) is 4.98 Å². The summed E-state index contributed by atoms with van der Waals surface area (Å²) in [5.41, 5.74) is 3.56. The van der Waals surface area contributed by atoms with Crippen molar-refractivity contribution in [3.63, 3.8) is 0 Å². The average molecular weight is 491 g/mol. The van der Waals surface area contributed by atoms with Crippen LogP contribution in [0.25, 0.3) is 0 Å². The Bertz CT molecular complexity index is 1160. The molecule has 0 aliphatic heterocycles. The summed E-state index contributed by atoms with van der Waals surface area (Å²) < 4.78 is 2.44. The number of aryl methyl sites for hydroxylation is 2. The van der Waals surface area contributed by atoms with Gasteiger partial charge in [-0.3, -0.25) is 4.79 Å². The van der Waals surface area contributed by atoms with Gasteiger partial charge in [0.1, 0.15) is 17.4 Å². The Hall–Kier alpha value is -2.34. The summed E-state index contributed by atoms with van der Waals surface area (Å²) in [6, 6.07) is 6.88. The van der Waals surface area contributed by atoms with E-state index in [9.17, 15) is 4.79 Å². The molecule has 0 N–H and O–H groups in total. The van der Waals surface area contributed by atoms with E-state index < -0.39 is 0 Å². The van der Waals surface area contributed by atoms with Gasteiger partial charge in [0, 0.05) is 48.7 Å². The van der Waals surface area contributed by atoms with Crippen molar-refractivity contribution in [3.8, 4) is 0 Å². The number of ketones is 1. The number of nitrogens with zero attached hydrogens (tertiary/aromatic N) is 4. The molecule has 5 nitrogen and oxygen atoms in total. The largest absolute Gasteiger partial charge is 0.311 e. The topological polar surface area (TPSA) is 60.7 Å². The maximum atomic E-state index is 13.3. The van der Waals surface area contributed by atoms with E-state index in [0.29, 0.717) is 24.8 Å². The van der Waals surface area contributed by atoms with Crippen molar-refractivity contribution < 1.29 is 4.79 Å². The molecule has 2 heterocycles. The highest BCUT2D eigenvalue weighted by Crippen LogP contribution is 2.48. The van der Waals surface area contributed by atoms with Gasteiger partial charge < -0.3 is 4.57 Å². The van der Waals surface area contributed by atoms with Crippen molar-refractivity contribution in [3.05, 3.63) is 63.1 Å². The van der Waals surface area contributed by atoms with Gasteiger partial charge in [-0.15, -0.1) is 21.5 Å². The molecule has 0 unspecified atom stereocenters. The van der Waals surface area contributed by atoms with E-state index in [1.165, 1.54) is 49.1 Å². The smallest absolute Gasteiger partial charge is 0.138 e. The van der Waals surface area contributed by atoms with Gasteiger partial charge in [0.2, 0.25) is 0 Å². The van der Waals surface area contributed by atoms with Gasteiger partial charge in [-0.1, -0.05) is 37.6 Å². The molecular formula is C29H38N4OS. The number of benzene rings is 1. The molecule has 186 valence electrons. The lowest BCUT2D eigenvalue weighted by atomic mass is 9.71. The van der Waals surface area contributed by atoms with Gasteiger partial charge >= 0.3 is 0 Å². The highest BCUT2D eigenvalue weighted by molar-refractivity contribution is 7.09. The van der Waals surface area contributed by atoms with Crippen molar-refractivity contribution in [2.24, 2.45) is 11.8 Å². The number of Topliss-reactive ketones (excluding diaryl/α,β-unsaturated/α-hetero) is 1. The van der Waals surface area contributed by atoms with E-state index in [0.717, 1.165) is 34.7 Å². The Morgan fingerprint density at radius 2 is 1.97 bits per heavy atom. The first-order valence-corrected chi connectivity index (χ1v) is 14.2. The van der Waals surface area contributed by atoms with Crippen LogP contribution in [0.4, 0.5) is 0 Å². The number of carbonyl (C=O) groups excluding carboxylic acids is 1. The van der Waals surface area contributed by atoms with Crippen LogP contribution in [0, 0.1) is 25.7 Å². The number of hydrogen-bond acceptors (Lipinski definition) is 5. The first-order valence-electron chi connectivity index (χ1n) is 13.3. The lowest BCUT2D eigenvalue weighted by molar-refractivity contribution is -0.118. The molecular weight excluding hydrogens is 452 g/mol. The summed E-state index contributed by atoms with van der Waals surface area (Å²) in [6.45, 7) is 8.83. The highest BCUT2D eigenvalue weighted by Gasteiger charge is 2.39. The Labute approximate surface area is 213 Å². The minimum absolute atomic E-state index is 0.0211. The van der Waals surface area contributed by atoms with Gasteiger partial charge in [0.05, 0.1) is 5.01 Å². The van der Waals surface area contributed by atoms with E-state index >= 15 is 0 Å². The molecule has 0 bridgehead atoms. The number of carbonyl (C=O) groups is 1. The first-order chi connectivity index (χ1) is 16.9. The second kappa shape index (κ2) is 10.3. The zero-order valence-electron chi connectivity index (χ0n) is 21.5. The van der Waals surface area contributed by atoms with Crippen molar-refractivity contribution in [2.45, 2.75) is 96.9 Å². The normalized spacial score (nSPS) is 20.7. The number of rotatable bonds is 11. The molecule has 0 saturated heterocycles. The van der Waals surface area contributed by atoms with E-state index in [1.807, 2.05) is 11.6 Å². The van der Waals surface area contributed by atoms with Crippen LogP contribution in [0.3, 0.4) is 0 Å². The Morgan fingerprint density at radius 3 is 2.63 bits per heavy atom. The van der Waals surface area contributed by atoms with Gasteiger partial charge in [-0.2, -0.15) is 0 Å². The molecule has 35 heavy (non-hydrogen) atoms. The van der Waals surface area contributed by atoms with Gasteiger partial charge in [0.15, 0.2) is 0 Å². The number of aromatic nitrogens is 4. The third-order valence-corrected chi connectivity index (χ3v) is 8.50. The fourth-order valence-electron chi connectivity index (χ4n) is 5.81. The maximum absolute atomic E-state index is 13.3. The molecule has 5 rings (SSSR count). The zero-order chi connectivity index (χ0) is 24.5. The average Bonchev–Trinajstić information content (AvgIpc) is 3.30. The van der Waals surface area contributed by atoms with Gasteiger partial charge in [0.25, 0.3) is 0 Å². The summed E-state index contributed by atoms with van der Waals surface area (Å²) in [4.78, 5) is 17.9. The Balaban J connectivity index is 1.37. The zero-order valence-corrected chi connectivity index (χ0v) is 22.4. The summed E-state index contributed by atoms with van der Waals surface area (Å²) in [7, 11) is 0. The molecule has 2 aromatic heterocycles. The summed E-state index contributed by atoms with van der Waals surface area (Å²) in [6.07, 6.45) is 9.72.